The average molecular weight is 311 g/mol. The van der Waals surface area contributed by atoms with Crippen LogP contribution in [0.2, 0.25) is 0 Å². The van der Waals surface area contributed by atoms with Crippen molar-refractivity contribution in [2.24, 2.45) is 7.05 Å². The number of aromatic nitrogens is 3. The van der Waals surface area contributed by atoms with Crippen LogP contribution >= 0.6 is 0 Å². The monoisotopic (exact) mass is 311 g/mol. The van der Waals surface area contributed by atoms with E-state index in [2.05, 4.69) is 51.0 Å². The number of hydrogen-bond donors (Lipinski definition) is 0. The van der Waals surface area contributed by atoms with Crippen LogP contribution in [0.25, 0.3) is 5.65 Å². The van der Waals surface area contributed by atoms with Gasteiger partial charge in [0.25, 0.3) is 5.56 Å². The Kier molecular flexibility index (Phi) is 5.37. The third-order valence-corrected chi connectivity index (χ3v) is 3.88. The fourth-order valence-corrected chi connectivity index (χ4v) is 2.21. The minimum Gasteiger partial charge on any atom is -0.319 e. The van der Waals surface area contributed by atoms with Crippen molar-refractivity contribution in [3.63, 3.8) is 0 Å². The topological polar surface area (TPSA) is 39.3 Å². The Labute approximate surface area is 137 Å². The second-order valence-electron chi connectivity index (χ2n) is 6.37. The standard InChI is InChI=1S/C10H12N2.C9H13NO/c1-8(2)9-3-5-12-6-4-11-10(12)7-9;1-7(2)8-4-5-10(3)9(11)6-8/h3-8H,1-2H3;4-7H,1-3H3. The lowest BCUT2D eigenvalue weighted by atomic mass is 10.1. The predicted octanol–water partition coefficient (Wildman–Crippen LogP) is 3.97. The molecule has 23 heavy (non-hydrogen) atoms. The first-order valence-corrected chi connectivity index (χ1v) is 7.97. The molecule has 0 aliphatic heterocycles. The van der Waals surface area contributed by atoms with Crippen molar-refractivity contribution in [1.82, 2.24) is 14.0 Å². The van der Waals surface area contributed by atoms with Crippen molar-refractivity contribution in [3.05, 3.63) is 70.5 Å². The fraction of sp³-hybridized carbons (Fsp3) is 0.368. The molecule has 3 aromatic rings. The molecule has 0 N–H and O–H groups in total. The third kappa shape index (κ3) is 4.31. The largest absolute Gasteiger partial charge is 0.319 e. The van der Waals surface area contributed by atoms with E-state index in [1.165, 1.54) is 5.56 Å². The molecule has 0 aliphatic rings. The van der Waals surface area contributed by atoms with Crippen LogP contribution in [0.1, 0.15) is 50.7 Å². The highest BCUT2D eigenvalue weighted by molar-refractivity contribution is 5.41. The lowest BCUT2D eigenvalue weighted by Gasteiger charge is -2.04. The summed E-state index contributed by atoms with van der Waals surface area (Å²) in [6, 6.07) is 7.93. The highest BCUT2D eigenvalue weighted by Gasteiger charge is 2.00. The predicted molar refractivity (Wildman–Crippen MR) is 95.1 cm³/mol. The first kappa shape index (κ1) is 17.0. The number of aryl methyl sites for hydroxylation is 1. The quantitative estimate of drug-likeness (QED) is 0.718. The van der Waals surface area contributed by atoms with Crippen LogP contribution in [0, 0.1) is 0 Å². The van der Waals surface area contributed by atoms with E-state index in [1.54, 1.807) is 23.9 Å². The second-order valence-corrected chi connectivity index (χ2v) is 6.37. The van der Waals surface area contributed by atoms with E-state index in [0.29, 0.717) is 11.8 Å². The van der Waals surface area contributed by atoms with Gasteiger partial charge >= 0.3 is 0 Å². The van der Waals surface area contributed by atoms with Gasteiger partial charge in [-0.15, -0.1) is 0 Å². The molecule has 0 atom stereocenters. The number of nitrogens with zero attached hydrogens (tertiary/aromatic N) is 3. The molecule has 0 fully saturated rings. The van der Waals surface area contributed by atoms with Crippen LogP contribution in [-0.2, 0) is 7.05 Å². The molecular weight excluding hydrogens is 286 g/mol. The van der Waals surface area contributed by atoms with Gasteiger partial charge in [-0.1, -0.05) is 27.7 Å². The maximum absolute atomic E-state index is 11.1. The van der Waals surface area contributed by atoms with Gasteiger partial charge in [0.05, 0.1) is 0 Å². The molecule has 4 nitrogen and oxygen atoms in total. The summed E-state index contributed by atoms with van der Waals surface area (Å²) in [5.41, 5.74) is 3.54. The Balaban J connectivity index is 0.000000168. The molecule has 0 aliphatic carbocycles. The second kappa shape index (κ2) is 7.27. The zero-order valence-electron chi connectivity index (χ0n) is 14.5. The van der Waals surface area contributed by atoms with Crippen molar-refractivity contribution in [2.45, 2.75) is 39.5 Å². The first-order chi connectivity index (χ1) is 10.9. The highest BCUT2D eigenvalue weighted by atomic mass is 16.1. The van der Waals surface area contributed by atoms with Gasteiger partial charge < -0.3 is 8.97 Å². The van der Waals surface area contributed by atoms with E-state index in [9.17, 15) is 4.79 Å². The zero-order chi connectivity index (χ0) is 17.0. The Bertz CT molecular complexity index is 828. The Morgan fingerprint density at radius 3 is 2.13 bits per heavy atom. The number of imidazole rings is 1. The van der Waals surface area contributed by atoms with Gasteiger partial charge in [-0.25, -0.2) is 4.98 Å². The molecule has 4 heteroatoms. The minimum atomic E-state index is 0.0659. The molecule has 0 spiro atoms. The van der Waals surface area contributed by atoms with Crippen molar-refractivity contribution in [1.29, 1.82) is 0 Å². The molecule has 0 amide bonds. The zero-order valence-corrected chi connectivity index (χ0v) is 14.5. The van der Waals surface area contributed by atoms with Gasteiger partial charge in [-0.05, 0) is 41.2 Å². The summed E-state index contributed by atoms with van der Waals surface area (Å²) < 4.78 is 3.60. The van der Waals surface area contributed by atoms with Crippen molar-refractivity contribution < 1.29 is 0 Å². The molecule has 0 aromatic carbocycles. The molecule has 3 rings (SSSR count). The number of hydrogen-bond acceptors (Lipinski definition) is 2. The van der Waals surface area contributed by atoms with Crippen LogP contribution in [0.15, 0.2) is 53.8 Å². The number of rotatable bonds is 2. The summed E-state index contributed by atoms with van der Waals surface area (Å²) in [6.07, 6.45) is 7.63. The molecule has 0 unspecified atom stereocenters. The lowest BCUT2D eigenvalue weighted by Crippen LogP contribution is -2.15. The Morgan fingerprint density at radius 2 is 1.52 bits per heavy atom. The number of fused-ring (bicyclic) bond motifs is 1. The fourth-order valence-electron chi connectivity index (χ4n) is 2.21. The Hall–Kier alpha value is -2.36. The molecule has 0 bridgehead atoms. The highest BCUT2D eigenvalue weighted by Crippen LogP contribution is 2.15. The molecular formula is C19H25N3O. The van der Waals surface area contributed by atoms with Gasteiger partial charge in [0.2, 0.25) is 0 Å². The number of pyridine rings is 2. The summed E-state index contributed by atoms with van der Waals surface area (Å²) in [6.45, 7) is 8.53. The Morgan fingerprint density at radius 1 is 0.913 bits per heavy atom. The minimum absolute atomic E-state index is 0.0659. The van der Waals surface area contributed by atoms with Crippen molar-refractivity contribution >= 4 is 5.65 Å². The maximum atomic E-state index is 11.1. The summed E-state index contributed by atoms with van der Waals surface area (Å²) >= 11 is 0. The smallest absolute Gasteiger partial charge is 0.250 e. The summed E-state index contributed by atoms with van der Waals surface area (Å²) in [7, 11) is 1.76. The van der Waals surface area contributed by atoms with Gasteiger partial charge in [0.1, 0.15) is 5.65 Å². The molecule has 3 heterocycles. The van der Waals surface area contributed by atoms with Crippen molar-refractivity contribution in [2.75, 3.05) is 0 Å². The molecule has 0 saturated carbocycles. The molecule has 122 valence electrons. The maximum Gasteiger partial charge on any atom is 0.250 e. The van der Waals surface area contributed by atoms with E-state index < -0.39 is 0 Å². The molecule has 0 radical (unpaired) electrons. The van der Waals surface area contributed by atoms with Crippen LogP contribution < -0.4 is 5.56 Å². The van der Waals surface area contributed by atoms with E-state index in [0.717, 1.165) is 11.2 Å². The van der Waals surface area contributed by atoms with Gasteiger partial charge in [-0.2, -0.15) is 0 Å². The van der Waals surface area contributed by atoms with Gasteiger partial charge in [-0.3, -0.25) is 4.79 Å². The normalized spacial score (nSPS) is 10.9. The van der Waals surface area contributed by atoms with Crippen molar-refractivity contribution in [3.8, 4) is 0 Å². The SMILES string of the molecule is CC(C)c1ccn(C)c(=O)c1.CC(C)c1ccn2ccnc2c1. The van der Waals surface area contributed by atoms with Gasteiger partial charge in [0, 0.05) is 37.9 Å². The molecule has 3 aromatic heterocycles. The van der Waals surface area contributed by atoms with Crippen LogP contribution in [0.4, 0.5) is 0 Å². The van der Waals surface area contributed by atoms with E-state index in [-0.39, 0.29) is 5.56 Å². The van der Waals surface area contributed by atoms with Crippen LogP contribution in [0.3, 0.4) is 0 Å². The van der Waals surface area contributed by atoms with Crippen LogP contribution in [0.5, 0.6) is 0 Å². The summed E-state index contributed by atoms with van der Waals surface area (Å²) in [4.78, 5) is 15.3. The summed E-state index contributed by atoms with van der Waals surface area (Å²) in [5, 5.41) is 0. The molecule has 0 saturated heterocycles. The summed E-state index contributed by atoms with van der Waals surface area (Å²) in [5.74, 6) is 1.01. The third-order valence-electron chi connectivity index (χ3n) is 3.88. The average Bonchev–Trinajstić information content (AvgIpc) is 2.97. The lowest BCUT2D eigenvalue weighted by molar-refractivity contribution is 0.813. The van der Waals surface area contributed by atoms with Crippen LogP contribution in [-0.4, -0.2) is 14.0 Å². The van der Waals surface area contributed by atoms with E-state index in [1.807, 2.05) is 22.9 Å². The van der Waals surface area contributed by atoms with Gasteiger partial charge in [0.15, 0.2) is 0 Å². The first-order valence-electron chi connectivity index (χ1n) is 7.97. The van der Waals surface area contributed by atoms with E-state index >= 15 is 0 Å². The van der Waals surface area contributed by atoms with E-state index in [4.69, 9.17) is 0 Å².